The molecular formula is C23H29N3O5S. The molecule has 1 N–H and O–H groups in total. The predicted octanol–water partition coefficient (Wildman–Crippen LogP) is 3.89. The van der Waals surface area contributed by atoms with Crippen LogP contribution in [0, 0.1) is 5.92 Å². The monoisotopic (exact) mass is 459 g/mol. The molecule has 4 rings (SSSR count). The third-order valence-corrected chi connectivity index (χ3v) is 8.11. The molecule has 172 valence electrons. The van der Waals surface area contributed by atoms with Gasteiger partial charge in [0.25, 0.3) is 10.0 Å². The Hall–Kier alpha value is -2.65. The van der Waals surface area contributed by atoms with Crippen molar-refractivity contribution in [3.05, 3.63) is 48.0 Å². The molecule has 1 aromatic carbocycles. The first-order valence-corrected chi connectivity index (χ1v) is 12.3. The van der Waals surface area contributed by atoms with Gasteiger partial charge in [0.05, 0.1) is 21.5 Å². The molecule has 0 bridgehead atoms. The Morgan fingerprint density at radius 2 is 1.97 bits per heavy atom. The third-order valence-electron chi connectivity index (χ3n) is 6.48. The summed E-state index contributed by atoms with van der Waals surface area (Å²) in [5, 5.41) is 9.11. The Kier molecular flexibility index (Phi) is 5.89. The van der Waals surface area contributed by atoms with E-state index in [1.165, 1.54) is 12.3 Å². The van der Waals surface area contributed by atoms with Gasteiger partial charge in [-0.15, -0.1) is 0 Å². The fourth-order valence-electron chi connectivity index (χ4n) is 4.09. The molecule has 0 amide bonds. The second-order valence-corrected chi connectivity index (χ2v) is 10.9. The summed E-state index contributed by atoms with van der Waals surface area (Å²) < 4.78 is 34.9. The van der Waals surface area contributed by atoms with Gasteiger partial charge >= 0.3 is 5.97 Å². The van der Waals surface area contributed by atoms with Crippen molar-refractivity contribution in [2.24, 2.45) is 5.92 Å². The molecule has 2 aromatic heterocycles. The summed E-state index contributed by atoms with van der Waals surface area (Å²) >= 11 is 0. The normalized spacial score (nSPS) is 16.0. The SMILES string of the molecule is CCC(C)(C)c1nc2cc(S(=O)(=O)n3ccc(C(=O)O)c3)ccc2n1CC1CCOCC1. The van der Waals surface area contributed by atoms with Gasteiger partial charge in [-0.25, -0.2) is 22.2 Å². The Labute approximate surface area is 187 Å². The highest BCUT2D eigenvalue weighted by Crippen LogP contribution is 2.32. The minimum Gasteiger partial charge on any atom is -0.478 e. The Bertz CT molecular complexity index is 1250. The molecule has 0 atom stereocenters. The van der Waals surface area contributed by atoms with Gasteiger partial charge in [-0.2, -0.15) is 0 Å². The summed E-state index contributed by atoms with van der Waals surface area (Å²) in [5.74, 6) is 0.267. The Balaban J connectivity index is 1.79. The number of hydrogen-bond acceptors (Lipinski definition) is 5. The van der Waals surface area contributed by atoms with Crippen molar-refractivity contribution in [1.29, 1.82) is 0 Å². The van der Waals surface area contributed by atoms with Crippen molar-refractivity contribution in [3.8, 4) is 0 Å². The van der Waals surface area contributed by atoms with Gasteiger partial charge < -0.3 is 14.4 Å². The maximum absolute atomic E-state index is 13.1. The number of aromatic carboxylic acids is 1. The number of rotatable bonds is 7. The number of fused-ring (bicyclic) bond motifs is 1. The van der Waals surface area contributed by atoms with E-state index in [0.717, 1.165) is 60.5 Å². The second kappa shape index (κ2) is 8.37. The Morgan fingerprint density at radius 3 is 2.59 bits per heavy atom. The molecule has 0 saturated carbocycles. The number of nitrogens with zero attached hydrogens (tertiary/aromatic N) is 3. The van der Waals surface area contributed by atoms with Crippen molar-refractivity contribution in [3.63, 3.8) is 0 Å². The summed E-state index contributed by atoms with van der Waals surface area (Å²) in [7, 11) is -3.93. The van der Waals surface area contributed by atoms with Gasteiger partial charge in [0, 0.05) is 37.6 Å². The van der Waals surface area contributed by atoms with Gasteiger partial charge in [0.15, 0.2) is 0 Å². The molecule has 1 saturated heterocycles. The van der Waals surface area contributed by atoms with Gasteiger partial charge in [-0.3, -0.25) is 0 Å². The highest BCUT2D eigenvalue weighted by molar-refractivity contribution is 7.90. The summed E-state index contributed by atoms with van der Waals surface area (Å²) in [6.45, 7) is 8.78. The van der Waals surface area contributed by atoms with Crippen molar-refractivity contribution in [1.82, 2.24) is 13.5 Å². The summed E-state index contributed by atoms with van der Waals surface area (Å²) in [4.78, 5) is 16.1. The number of carboxylic acids is 1. The van der Waals surface area contributed by atoms with Gasteiger partial charge in [0.2, 0.25) is 0 Å². The lowest BCUT2D eigenvalue weighted by Gasteiger charge is -2.28. The largest absolute Gasteiger partial charge is 0.478 e. The number of ether oxygens (including phenoxy) is 1. The maximum atomic E-state index is 13.1. The maximum Gasteiger partial charge on any atom is 0.337 e. The zero-order valence-corrected chi connectivity index (χ0v) is 19.4. The quantitative estimate of drug-likeness (QED) is 0.575. The highest BCUT2D eigenvalue weighted by atomic mass is 32.2. The minimum atomic E-state index is -3.93. The zero-order chi connectivity index (χ0) is 23.1. The average molecular weight is 460 g/mol. The van der Waals surface area contributed by atoms with E-state index in [9.17, 15) is 13.2 Å². The molecular weight excluding hydrogens is 430 g/mol. The van der Waals surface area contributed by atoms with Crippen LogP contribution in [0.15, 0.2) is 41.6 Å². The molecule has 1 aliphatic heterocycles. The van der Waals surface area contributed by atoms with Crippen molar-refractivity contribution >= 4 is 27.0 Å². The summed E-state index contributed by atoms with van der Waals surface area (Å²) in [6, 6.07) is 6.23. The fourth-order valence-corrected chi connectivity index (χ4v) is 5.31. The minimum absolute atomic E-state index is 0.0779. The van der Waals surface area contributed by atoms with Crippen molar-refractivity contribution in [2.45, 2.75) is 56.9 Å². The van der Waals surface area contributed by atoms with E-state index in [1.54, 1.807) is 12.1 Å². The van der Waals surface area contributed by atoms with E-state index in [-0.39, 0.29) is 15.9 Å². The standard InChI is InChI=1S/C23H29N3O5S/c1-4-23(2,3)22-24-19-13-18(32(29,30)25-10-7-17(15-25)21(27)28)5-6-20(19)26(22)14-16-8-11-31-12-9-16/h5-7,10,13,15-16H,4,8-9,11-12,14H2,1-3H3,(H,27,28). The molecule has 32 heavy (non-hydrogen) atoms. The highest BCUT2D eigenvalue weighted by Gasteiger charge is 2.29. The van der Waals surface area contributed by atoms with E-state index < -0.39 is 16.0 Å². The first kappa shape index (κ1) is 22.5. The number of imidazole rings is 1. The first-order chi connectivity index (χ1) is 15.1. The fraction of sp³-hybridized carbons (Fsp3) is 0.478. The van der Waals surface area contributed by atoms with Crippen LogP contribution in [-0.2, 0) is 26.7 Å². The molecule has 0 aliphatic carbocycles. The van der Waals surface area contributed by atoms with Crippen LogP contribution in [0.4, 0.5) is 0 Å². The van der Waals surface area contributed by atoms with Crippen LogP contribution < -0.4 is 0 Å². The van der Waals surface area contributed by atoms with Crippen molar-refractivity contribution in [2.75, 3.05) is 13.2 Å². The molecule has 1 fully saturated rings. The lowest BCUT2D eigenvalue weighted by atomic mass is 9.89. The molecule has 9 heteroatoms. The molecule has 1 aliphatic rings. The van der Waals surface area contributed by atoms with Crippen LogP contribution in [0.25, 0.3) is 11.0 Å². The number of benzene rings is 1. The van der Waals surface area contributed by atoms with Crippen LogP contribution >= 0.6 is 0 Å². The Morgan fingerprint density at radius 1 is 1.25 bits per heavy atom. The first-order valence-electron chi connectivity index (χ1n) is 10.9. The third kappa shape index (κ3) is 4.06. The second-order valence-electron chi connectivity index (χ2n) is 9.03. The van der Waals surface area contributed by atoms with Crippen LogP contribution in [0.5, 0.6) is 0 Å². The van der Waals surface area contributed by atoms with Crippen LogP contribution in [-0.4, -0.2) is 46.2 Å². The van der Waals surface area contributed by atoms with Gasteiger partial charge in [-0.1, -0.05) is 20.8 Å². The van der Waals surface area contributed by atoms with Crippen LogP contribution in [0.1, 0.15) is 56.2 Å². The van der Waals surface area contributed by atoms with Gasteiger partial charge in [0.1, 0.15) is 5.82 Å². The van der Waals surface area contributed by atoms with Crippen LogP contribution in [0.2, 0.25) is 0 Å². The molecule has 8 nitrogen and oxygen atoms in total. The van der Waals surface area contributed by atoms with E-state index in [4.69, 9.17) is 14.8 Å². The van der Waals surface area contributed by atoms with Crippen LogP contribution in [0.3, 0.4) is 0 Å². The summed E-state index contributed by atoms with van der Waals surface area (Å²) in [5.41, 5.74) is 1.29. The number of carbonyl (C=O) groups is 1. The zero-order valence-electron chi connectivity index (χ0n) is 18.6. The topological polar surface area (TPSA) is 103 Å². The molecule has 3 heterocycles. The smallest absolute Gasteiger partial charge is 0.337 e. The number of carboxylic acid groups (broad SMARTS) is 1. The molecule has 0 spiro atoms. The molecule has 3 aromatic rings. The van der Waals surface area contributed by atoms with E-state index in [1.807, 2.05) is 6.07 Å². The lowest BCUT2D eigenvalue weighted by Crippen LogP contribution is -2.26. The number of aromatic nitrogens is 3. The van der Waals surface area contributed by atoms with E-state index in [0.29, 0.717) is 11.4 Å². The van der Waals surface area contributed by atoms with E-state index in [2.05, 4.69) is 25.3 Å². The molecule has 0 unspecified atom stereocenters. The van der Waals surface area contributed by atoms with Crippen molar-refractivity contribution < 1.29 is 23.1 Å². The molecule has 0 radical (unpaired) electrons. The van der Waals surface area contributed by atoms with Gasteiger partial charge in [-0.05, 0) is 49.4 Å². The van der Waals surface area contributed by atoms with E-state index >= 15 is 0 Å². The predicted molar refractivity (Wildman–Crippen MR) is 121 cm³/mol. The average Bonchev–Trinajstić information content (AvgIpc) is 3.41. The number of hydrogen-bond donors (Lipinski definition) is 1. The summed E-state index contributed by atoms with van der Waals surface area (Å²) in [6.07, 6.45) is 5.25. The lowest BCUT2D eigenvalue weighted by molar-refractivity contribution is 0.0610.